The van der Waals surface area contributed by atoms with Crippen LogP contribution in [0.1, 0.15) is 64.7 Å². The molecular formula is C23H27BrFN3O4. The monoisotopic (exact) mass is 507 g/mol. The van der Waals surface area contributed by atoms with Gasteiger partial charge >= 0.3 is 0 Å². The van der Waals surface area contributed by atoms with Gasteiger partial charge in [0.05, 0.1) is 21.8 Å². The van der Waals surface area contributed by atoms with Gasteiger partial charge in [-0.05, 0) is 86.1 Å². The Morgan fingerprint density at radius 2 is 1.84 bits per heavy atom. The Balaban J connectivity index is 1.83. The molecule has 3 N–H and O–H groups in total. The zero-order valence-electron chi connectivity index (χ0n) is 18.5. The summed E-state index contributed by atoms with van der Waals surface area (Å²) in [4.78, 5) is 38.7. The molecule has 1 fully saturated rings. The van der Waals surface area contributed by atoms with Crippen molar-refractivity contribution in [1.82, 2.24) is 9.88 Å². The summed E-state index contributed by atoms with van der Waals surface area (Å²) in [6.45, 7) is 5.19. The fourth-order valence-corrected chi connectivity index (χ4v) is 4.58. The van der Waals surface area contributed by atoms with Crippen LogP contribution in [0.4, 0.5) is 10.1 Å². The van der Waals surface area contributed by atoms with Gasteiger partial charge in [0.15, 0.2) is 0 Å². The number of aromatic nitrogens is 1. The van der Waals surface area contributed by atoms with Gasteiger partial charge in [-0.15, -0.1) is 0 Å². The number of nitrogens with zero attached hydrogens (tertiary/aromatic N) is 1. The molecule has 0 saturated heterocycles. The molecule has 1 aromatic carbocycles. The first kappa shape index (κ1) is 24.1. The second-order valence-corrected chi connectivity index (χ2v) is 9.51. The Morgan fingerprint density at radius 1 is 1.22 bits per heavy atom. The van der Waals surface area contributed by atoms with Crippen molar-refractivity contribution in [2.24, 2.45) is 7.05 Å². The second-order valence-electron chi connectivity index (χ2n) is 8.65. The number of nitrogens with one attached hydrogen (secondary N) is 2. The van der Waals surface area contributed by atoms with E-state index in [1.54, 1.807) is 25.5 Å². The molecule has 172 valence electrons. The fraction of sp³-hybridized carbons (Fsp3) is 0.435. The van der Waals surface area contributed by atoms with Crippen molar-refractivity contribution in [2.75, 3.05) is 5.32 Å². The first-order chi connectivity index (χ1) is 14.9. The second kappa shape index (κ2) is 9.15. The molecule has 0 spiro atoms. The Morgan fingerprint density at radius 3 is 2.44 bits per heavy atom. The summed E-state index contributed by atoms with van der Waals surface area (Å²) in [5, 5.41) is 15.2. The number of carbonyl (C=O) groups is 3. The van der Waals surface area contributed by atoms with Crippen LogP contribution in [0.3, 0.4) is 0 Å². The highest BCUT2D eigenvalue weighted by Gasteiger charge is 2.35. The Hall–Kier alpha value is -2.52. The van der Waals surface area contributed by atoms with Crippen LogP contribution in [0.2, 0.25) is 0 Å². The lowest BCUT2D eigenvalue weighted by atomic mass is 9.82. The number of aliphatic hydroxyl groups excluding tert-OH is 1. The van der Waals surface area contributed by atoms with Gasteiger partial charge in [-0.25, -0.2) is 4.39 Å². The van der Waals surface area contributed by atoms with Gasteiger partial charge in [0, 0.05) is 24.0 Å². The number of anilines is 1. The molecule has 32 heavy (non-hydrogen) atoms. The van der Waals surface area contributed by atoms with Crippen molar-refractivity contribution in [1.29, 1.82) is 0 Å². The number of amides is 2. The van der Waals surface area contributed by atoms with E-state index < -0.39 is 29.0 Å². The van der Waals surface area contributed by atoms with Crippen LogP contribution in [0.25, 0.3) is 0 Å². The number of rotatable bonds is 5. The highest BCUT2D eigenvalue weighted by molar-refractivity contribution is 9.10. The van der Waals surface area contributed by atoms with E-state index in [4.69, 9.17) is 0 Å². The fourth-order valence-electron chi connectivity index (χ4n) is 4.20. The SMILES string of the molecule is Cc1c(C(=O)Nc2ccc(F)c(Br)c2)c(C)n(C)c1C(=O)C(=O)N[C@]1(C)CC[C@@H](O)CC1. The molecule has 2 amide bonds. The maximum Gasteiger partial charge on any atom is 0.294 e. The third-order valence-electron chi connectivity index (χ3n) is 6.23. The average molecular weight is 508 g/mol. The third kappa shape index (κ3) is 4.78. The van der Waals surface area contributed by atoms with Gasteiger partial charge in [-0.2, -0.15) is 0 Å². The van der Waals surface area contributed by atoms with Gasteiger partial charge in [0.25, 0.3) is 17.6 Å². The first-order valence-electron chi connectivity index (χ1n) is 10.4. The van der Waals surface area contributed by atoms with Gasteiger partial charge in [-0.1, -0.05) is 0 Å². The number of halogens is 2. The molecule has 2 aromatic rings. The molecule has 0 radical (unpaired) electrons. The van der Waals surface area contributed by atoms with Crippen LogP contribution in [0.15, 0.2) is 22.7 Å². The van der Waals surface area contributed by atoms with Gasteiger partial charge in [-0.3, -0.25) is 14.4 Å². The van der Waals surface area contributed by atoms with Crippen molar-refractivity contribution in [3.8, 4) is 0 Å². The number of Topliss-reactive ketones (excluding diaryl/α,β-unsaturated/α-hetero) is 1. The minimum atomic E-state index is -0.734. The molecule has 1 heterocycles. The molecule has 3 rings (SSSR count). The van der Waals surface area contributed by atoms with E-state index in [1.165, 1.54) is 18.2 Å². The molecule has 1 aliphatic rings. The Kier molecular flexibility index (Phi) is 6.90. The van der Waals surface area contributed by atoms with Crippen molar-refractivity contribution < 1.29 is 23.9 Å². The number of benzene rings is 1. The zero-order valence-corrected chi connectivity index (χ0v) is 20.1. The van der Waals surface area contributed by atoms with E-state index in [9.17, 15) is 23.9 Å². The average Bonchev–Trinajstić information content (AvgIpc) is 2.95. The third-order valence-corrected chi connectivity index (χ3v) is 6.84. The molecular weight excluding hydrogens is 481 g/mol. The van der Waals surface area contributed by atoms with E-state index in [-0.39, 0.29) is 21.8 Å². The summed E-state index contributed by atoms with van der Waals surface area (Å²) in [7, 11) is 1.63. The molecule has 7 nitrogen and oxygen atoms in total. The molecule has 0 unspecified atom stereocenters. The topological polar surface area (TPSA) is 100 Å². The van der Waals surface area contributed by atoms with Gasteiger partial charge < -0.3 is 20.3 Å². The largest absolute Gasteiger partial charge is 0.393 e. The number of aliphatic hydroxyl groups is 1. The molecule has 0 atom stereocenters. The summed E-state index contributed by atoms with van der Waals surface area (Å²) >= 11 is 3.09. The predicted octanol–water partition coefficient (Wildman–Crippen LogP) is 3.79. The lowest BCUT2D eigenvalue weighted by Gasteiger charge is -2.36. The van der Waals surface area contributed by atoms with Gasteiger partial charge in [0.1, 0.15) is 5.82 Å². The molecule has 1 saturated carbocycles. The van der Waals surface area contributed by atoms with E-state index >= 15 is 0 Å². The number of ketones is 1. The van der Waals surface area contributed by atoms with Crippen molar-refractivity contribution in [2.45, 2.75) is 58.1 Å². The predicted molar refractivity (Wildman–Crippen MR) is 122 cm³/mol. The summed E-state index contributed by atoms with van der Waals surface area (Å²) in [6.07, 6.45) is 1.92. The number of carbonyl (C=O) groups excluding carboxylic acids is 3. The van der Waals surface area contributed by atoms with E-state index in [2.05, 4.69) is 26.6 Å². The summed E-state index contributed by atoms with van der Waals surface area (Å²) in [5.41, 5.74) is 1.19. The standard InChI is InChI=1S/C23H27BrFN3O4/c1-12-18(21(31)26-14-5-6-17(25)16(24)11-14)13(2)28(4)19(12)20(30)22(32)27-23(3)9-7-15(29)8-10-23/h5-6,11,15,29H,7-10H2,1-4H3,(H,26,31)(H,27,32)/t15-,23-. The van der Waals surface area contributed by atoms with E-state index in [1.807, 2.05) is 6.92 Å². The molecule has 0 bridgehead atoms. The number of hydrogen-bond donors (Lipinski definition) is 3. The normalized spacial score (nSPS) is 20.7. The highest BCUT2D eigenvalue weighted by atomic mass is 79.9. The Bertz CT molecular complexity index is 1090. The minimum absolute atomic E-state index is 0.143. The van der Waals surface area contributed by atoms with Crippen molar-refractivity contribution in [3.63, 3.8) is 0 Å². The molecule has 1 aliphatic carbocycles. The molecule has 1 aromatic heterocycles. The Labute approximate surface area is 194 Å². The summed E-state index contributed by atoms with van der Waals surface area (Å²) in [6, 6.07) is 4.11. The zero-order chi connectivity index (χ0) is 23.8. The van der Waals surface area contributed by atoms with E-state index in [0.29, 0.717) is 42.6 Å². The van der Waals surface area contributed by atoms with Crippen LogP contribution in [0, 0.1) is 19.7 Å². The lowest BCUT2D eigenvalue weighted by Crippen LogP contribution is -2.51. The smallest absolute Gasteiger partial charge is 0.294 e. The quantitative estimate of drug-likeness (QED) is 0.423. The summed E-state index contributed by atoms with van der Waals surface area (Å²) < 4.78 is 15.2. The number of hydrogen-bond acceptors (Lipinski definition) is 4. The van der Waals surface area contributed by atoms with Crippen LogP contribution < -0.4 is 10.6 Å². The van der Waals surface area contributed by atoms with Crippen LogP contribution in [-0.2, 0) is 11.8 Å². The van der Waals surface area contributed by atoms with Crippen molar-refractivity contribution >= 4 is 39.2 Å². The summed E-state index contributed by atoms with van der Waals surface area (Å²) in [5.74, 6) is -2.36. The van der Waals surface area contributed by atoms with Crippen molar-refractivity contribution in [3.05, 3.63) is 51.0 Å². The lowest BCUT2D eigenvalue weighted by molar-refractivity contribution is -0.119. The van der Waals surface area contributed by atoms with Crippen LogP contribution >= 0.6 is 15.9 Å². The van der Waals surface area contributed by atoms with Gasteiger partial charge in [0.2, 0.25) is 0 Å². The van der Waals surface area contributed by atoms with Crippen LogP contribution in [-0.4, -0.2) is 38.9 Å². The molecule has 0 aliphatic heterocycles. The first-order valence-corrected chi connectivity index (χ1v) is 11.2. The maximum atomic E-state index is 13.5. The highest BCUT2D eigenvalue weighted by Crippen LogP contribution is 2.29. The maximum absolute atomic E-state index is 13.5. The molecule has 9 heteroatoms. The minimum Gasteiger partial charge on any atom is -0.393 e. The van der Waals surface area contributed by atoms with E-state index in [0.717, 1.165) is 0 Å². The van der Waals surface area contributed by atoms with Crippen LogP contribution in [0.5, 0.6) is 0 Å².